The Morgan fingerprint density at radius 2 is 1.69 bits per heavy atom. The van der Waals surface area contributed by atoms with Crippen LogP contribution in [0.2, 0.25) is 0 Å². The van der Waals surface area contributed by atoms with Crippen LogP contribution in [-0.4, -0.2) is 16.9 Å². The Hall–Kier alpha value is -1.92. The molecule has 16 heavy (non-hydrogen) atoms. The second kappa shape index (κ2) is 3.92. The van der Waals surface area contributed by atoms with Crippen LogP contribution < -0.4 is 0 Å². The molecule has 1 rings (SSSR count). The monoisotopic (exact) mass is 236 g/mol. The minimum absolute atomic E-state index is 0.179. The van der Waals surface area contributed by atoms with E-state index in [1.807, 2.05) is 0 Å². The highest BCUT2D eigenvalue weighted by molar-refractivity contribution is 6.39. The summed E-state index contributed by atoms with van der Waals surface area (Å²) in [5.41, 5.74) is -2.25. The van der Waals surface area contributed by atoms with Gasteiger partial charge in [-0.05, 0) is 18.2 Å². The topological polar surface area (TPSA) is 54.4 Å². The van der Waals surface area contributed by atoms with E-state index < -0.39 is 34.9 Å². The first-order valence-electron chi connectivity index (χ1n) is 3.87. The number of carbonyl (C=O) groups excluding carboxylic acids is 1. The lowest BCUT2D eigenvalue weighted by Crippen LogP contribution is -2.15. The van der Waals surface area contributed by atoms with Crippen LogP contribution in [0.15, 0.2) is 18.2 Å². The molecule has 86 valence electrons. The number of ketones is 1. The van der Waals surface area contributed by atoms with Crippen molar-refractivity contribution in [3.05, 3.63) is 35.1 Å². The van der Waals surface area contributed by atoms with Crippen LogP contribution in [-0.2, 0) is 11.0 Å². The molecule has 0 fully saturated rings. The number of aliphatic carboxylic acids is 1. The number of benzene rings is 1. The molecule has 0 bridgehead atoms. The van der Waals surface area contributed by atoms with E-state index in [-0.39, 0.29) is 6.07 Å². The summed E-state index contributed by atoms with van der Waals surface area (Å²) in [6, 6.07) is 0.907. The number of Topliss-reactive ketones (excluding diaryl/α,β-unsaturated/α-hetero) is 1. The zero-order valence-electron chi connectivity index (χ0n) is 7.51. The van der Waals surface area contributed by atoms with Crippen molar-refractivity contribution in [2.24, 2.45) is 0 Å². The largest absolute Gasteiger partial charge is 0.475 e. The summed E-state index contributed by atoms with van der Waals surface area (Å²) < 4.78 is 49.3. The predicted molar refractivity (Wildman–Crippen MR) is 43.4 cm³/mol. The number of carboxylic acid groups (broad SMARTS) is 1. The Balaban J connectivity index is 3.29. The van der Waals surface area contributed by atoms with Gasteiger partial charge >= 0.3 is 12.1 Å². The van der Waals surface area contributed by atoms with Crippen LogP contribution in [0.5, 0.6) is 0 Å². The van der Waals surface area contributed by atoms with Crippen LogP contribution in [0.4, 0.5) is 17.6 Å². The van der Waals surface area contributed by atoms with Crippen LogP contribution in [0.1, 0.15) is 15.9 Å². The van der Waals surface area contributed by atoms with Crippen molar-refractivity contribution in [2.45, 2.75) is 6.18 Å². The average molecular weight is 236 g/mol. The van der Waals surface area contributed by atoms with Gasteiger partial charge in [0.2, 0.25) is 0 Å². The lowest BCUT2D eigenvalue weighted by Gasteiger charge is -2.07. The molecule has 1 N–H and O–H groups in total. The fourth-order valence-electron chi connectivity index (χ4n) is 1.01. The van der Waals surface area contributed by atoms with E-state index in [9.17, 15) is 27.2 Å². The number of halogens is 4. The molecule has 0 aromatic heterocycles. The highest BCUT2D eigenvalue weighted by atomic mass is 19.4. The lowest BCUT2D eigenvalue weighted by molar-refractivity contribution is -0.138. The summed E-state index contributed by atoms with van der Waals surface area (Å²) in [5, 5.41) is 8.27. The number of alkyl halides is 3. The molecular weight excluding hydrogens is 232 g/mol. The van der Waals surface area contributed by atoms with E-state index in [0.29, 0.717) is 12.1 Å². The SMILES string of the molecule is O=C(O)C(=O)c1cc(F)cc(C(F)(F)F)c1. The second-order valence-corrected chi connectivity index (χ2v) is 2.86. The third kappa shape index (κ3) is 2.56. The van der Waals surface area contributed by atoms with Gasteiger partial charge in [0.1, 0.15) is 5.82 Å². The van der Waals surface area contributed by atoms with E-state index in [2.05, 4.69) is 0 Å². The molecule has 3 nitrogen and oxygen atoms in total. The van der Waals surface area contributed by atoms with Gasteiger partial charge in [-0.1, -0.05) is 0 Å². The fourth-order valence-corrected chi connectivity index (χ4v) is 1.01. The number of carbonyl (C=O) groups is 2. The second-order valence-electron chi connectivity index (χ2n) is 2.86. The maximum atomic E-state index is 12.7. The first kappa shape index (κ1) is 12.2. The third-order valence-corrected chi connectivity index (χ3v) is 1.68. The Bertz CT molecular complexity index is 451. The van der Waals surface area contributed by atoms with Gasteiger partial charge < -0.3 is 5.11 Å². The molecule has 7 heteroatoms. The number of hydrogen-bond donors (Lipinski definition) is 1. The van der Waals surface area contributed by atoms with Gasteiger partial charge in [0.05, 0.1) is 5.56 Å². The van der Waals surface area contributed by atoms with Crippen molar-refractivity contribution in [3.8, 4) is 0 Å². The Labute approximate surface area is 86.3 Å². The molecule has 0 unspecified atom stereocenters. The quantitative estimate of drug-likeness (QED) is 0.486. The van der Waals surface area contributed by atoms with E-state index in [1.54, 1.807) is 0 Å². The predicted octanol–water partition coefficient (Wildman–Crippen LogP) is 2.11. The molecule has 1 aromatic rings. The summed E-state index contributed by atoms with van der Waals surface area (Å²) in [6.07, 6.45) is -4.84. The normalized spacial score (nSPS) is 11.2. The standard InChI is InChI=1S/C9H4F4O3/c10-6-2-4(7(14)8(15)16)1-5(3-6)9(11,12)13/h1-3H,(H,15,16). The molecule has 0 aliphatic rings. The summed E-state index contributed by atoms with van der Waals surface area (Å²) in [5.74, 6) is -4.86. The summed E-state index contributed by atoms with van der Waals surface area (Å²) in [6.45, 7) is 0. The number of hydrogen-bond acceptors (Lipinski definition) is 2. The van der Waals surface area contributed by atoms with Crippen LogP contribution in [0, 0.1) is 5.82 Å². The number of carboxylic acids is 1. The van der Waals surface area contributed by atoms with Gasteiger partial charge in [-0.25, -0.2) is 9.18 Å². The molecule has 0 aliphatic heterocycles. The third-order valence-electron chi connectivity index (χ3n) is 1.68. The molecule has 0 aliphatic carbocycles. The first-order valence-corrected chi connectivity index (χ1v) is 3.87. The minimum Gasteiger partial charge on any atom is -0.475 e. The molecule has 0 saturated heterocycles. The Kier molecular flexibility index (Phi) is 2.97. The van der Waals surface area contributed by atoms with E-state index in [4.69, 9.17) is 5.11 Å². The van der Waals surface area contributed by atoms with Crippen molar-refractivity contribution in [1.29, 1.82) is 0 Å². The summed E-state index contributed by atoms with van der Waals surface area (Å²) in [7, 11) is 0. The van der Waals surface area contributed by atoms with Crippen LogP contribution in [0.3, 0.4) is 0 Å². The van der Waals surface area contributed by atoms with Crippen molar-refractivity contribution in [3.63, 3.8) is 0 Å². The summed E-state index contributed by atoms with van der Waals surface area (Å²) in [4.78, 5) is 21.1. The number of rotatable bonds is 2. The molecule has 0 radical (unpaired) electrons. The van der Waals surface area contributed by atoms with Gasteiger partial charge in [0, 0.05) is 5.56 Å². The van der Waals surface area contributed by atoms with Gasteiger partial charge in [-0.15, -0.1) is 0 Å². The van der Waals surface area contributed by atoms with Crippen molar-refractivity contribution >= 4 is 11.8 Å². The van der Waals surface area contributed by atoms with E-state index in [1.165, 1.54) is 0 Å². The highest BCUT2D eigenvalue weighted by Crippen LogP contribution is 2.30. The minimum atomic E-state index is -4.84. The van der Waals surface area contributed by atoms with E-state index in [0.717, 1.165) is 0 Å². The van der Waals surface area contributed by atoms with Gasteiger partial charge in [-0.3, -0.25) is 4.79 Å². The summed E-state index contributed by atoms with van der Waals surface area (Å²) >= 11 is 0. The zero-order chi connectivity index (χ0) is 12.5. The smallest absolute Gasteiger partial charge is 0.416 e. The molecule has 1 aromatic carbocycles. The zero-order valence-corrected chi connectivity index (χ0v) is 7.51. The van der Waals surface area contributed by atoms with Crippen molar-refractivity contribution in [2.75, 3.05) is 0 Å². The molecule has 0 saturated carbocycles. The fraction of sp³-hybridized carbons (Fsp3) is 0.111. The van der Waals surface area contributed by atoms with Crippen molar-refractivity contribution < 1.29 is 32.3 Å². The molecule has 0 heterocycles. The average Bonchev–Trinajstić information content (AvgIpc) is 2.14. The molecular formula is C9H4F4O3. The highest BCUT2D eigenvalue weighted by Gasteiger charge is 2.32. The molecule has 0 amide bonds. The molecule has 0 atom stereocenters. The van der Waals surface area contributed by atoms with Crippen LogP contribution >= 0.6 is 0 Å². The van der Waals surface area contributed by atoms with Gasteiger partial charge in [0.15, 0.2) is 0 Å². The van der Waals surface area contributed by atoms with Crippen molar-refractivity contribution in [1.82, 2.24) is 0 Å². The van der Waals surface area contributed by atoms with Crippen LogP contribution in [0.25, 0.3) is 0 Å². The Morgan fingerprint density at radius 1 is 1.12 bits per heavy atom. The molecule has 0 spiro atoms. The first-order chi connectivity index (χ1) is 7.21. The Morgan fingerprint density at radius 3 is 2.12 bits per heavy atom. The lowest BCUT2D eigenvalue weighted by atomic mass is 10.1. The van der Waals surface area contributed by atoms with Gasteiger partial charge in [0.25, 0.3) is 5.78 Å². The van der Waals surface area contributed by atoms with Gasteiger partial charge in [-0.2, -0.15) is 13.2 Å². The maximum Gasteiger partial charge on any atom is 0.416 e. The van der Waals surface area contributed by atoms with E-state index >= 15 is 0 Å². The maximum absolute atomic E-state index is 12.7.